The van der Waals surface area contributed by atoms with E-state index in [0.29, 0.717) is 17.1 Å². The molecular formula is C21H23N5OS. The van der Waals surface area contributed by atoms with Gasteiger partial charge in [-0.2, -0.15) is 0 Å². The fraction of sp³-hybridized carbons (Fsp3) is 0.381. The second-order valence-corrected chi connectivity index (χ2v) is 8.12. The van der Waals surface area contributed by atoms with Crippen molar-refractivity contribution in [2.45, 2.75) is 39.5 Å². The zero-order valence-corrected chi connectivity index (χ0v) is 17.2. The molecular weight excluding hydrogens is 370 g/mol. The number of hydrogen-bond acceptors (Lipinski definition) is 6. The van der Waals surface area contributed by atoms with Gasteiger partial charge in [-0.05, 0) is 50.7 Å². The number of benzene rings is 1. The summed E-state index contributed by atoms with van der Waals surface area (Å²) < 4.78 is 3.91. The lowest BCUT2D eigenvalue weighted by atomic mass is 9.89. The second-order valence-electron chi connectivity index (χ2n) is 7.36. The molecule has 0 aliphatic carbocycles. The van der Waals surface area contributed by atoms with Gasteiger partial charge in [0.15, 0.2) is 0 Å². The van der Waals surface area contributed by atoms with Gasteiger partial charge < -0.3 is 4.90 Å². The molecule has 1 aliphatic rings. The van der Waals surface area contributed by atoms with E-state index >= 15 is 0 Å². The average Bonchev–Trinajstić information content (AvgIpc) is 3.13. The van der Waals surface area contributed by atoms with Crippen molar-refractivity contribution in [1.29, 1.82) is 0 Å². The third-order valence-electron chi connectivity index (χ3n) is 5.21. The van der Waals surface area contributed by atoms with Crippen LogP contribution in [0.1, 0.15) is 51.2 Å². The van der Waals surface area contributed by atoms with Crippen LogP contribution in [-0.2, 0) is 0 Å². The Kier molecular flexibility index (Phi) is 5.17. The van der Waals surface area contributed by atoms with E-state index in [4.69, 9.17) is 4.98 Å². The van der Waals surface area contributed by atoms with Gasteiger partial charge in [0.2, 0.25) is 0 Å². The quantitative estimate of drug-likeness (QED) is 0.674. The van der Waals surface area contributed by atoms with E-state index in [1.54, 1.807) is 0 Å². The average molecular weight is 394 g/mol. The standard InChI is InChI=1S/C21H23N5OS/c1-13-6-4-7-16(10-13)18-11-22-15(3)23-19(18)17-8-5-9-26(12-17)21(27)20-14(2)24-25-28-20/h4,6-7,10-11,17H,5,8-9,12H2,1-3H3/t17-/m0/s1. The highest BCUT2D eigenvalue weighted by Crippen LogP contribution is 2.34. The van der Waals surface area contributed by atoms with Crippen molar-refractivity contribution in [3.8, 4) is 11.1 Å². The minimum atomic E-state index is 0.0279. The topological polar surface area (TPSA) is 71.9 Å². The van der Waals surface area contributed by atoms with Gasteiger partial charge >= 0.3 is 0 Å². The molecule has 0 spiro atoms. The molecule has 1 fully saturated rings. The van der Waals surface area contributed by atoms with E-state index < -0.39 is 0 Å². The normalized spacial score (nSPS) is 17.0. The number of aryl methyl sites for hydroxylation is 3. The first-order valence-corrected chi connectivity index (χ1v) is 10.3. The Morgan fingerprint density at radius 3 is 2.86 bits per heavy atom. The molecule has 1 saturated heterocycles. The zero-order chi connectivity index (χ0) is 19.7. The number of piperidine rings is 1. The van der Waals surface area contributed by atoms with Gasteiger partial charge in [0.05, 0.1) is 11.4 Å². The number of likely N-dealkylation sites (tertiary alicyclic amines) is 1. The molecule has 144 valence electrons. The predicted molar refractivity (Wildman–Crippen MR) is 109 cm³/mol. The molecule has 4 rings (SSSR count). The van der Waals surface area contributed by atoms with Gasteiger partial charge in [-0.1, -0.05) is 34.3 Å². The van der Waals surface area contributed by atoms with E-state index in [9.17, 15) is 4.79 Å². The van der Waals surface area contributed by atoms with Crippen LogP contribution in [0, 0.1) is 20.8 Å². The summed E-state index contributed by atoms with van der Waals surface area (Å²) in [4.78, 5) is 24.8. The SMILES string of the molecule is Cc1cccc(-c2cnc(C)nc2[C@H]2CCCN(C(=O)c3snnc3C)C2)c1. The fourth-order valence-electron chi connectivity index (χ4n) is 3.79. The van der Waals surface area contributed by atoms with Crippen LogP contribution >= 0.6 is 11.5 Å². The van der Waals surface area contributed by atoms with Crippen LogP contribution in [0.15, 0.2) is 30.5 Å². The van der Waals surface area contributed by atoms with Crippen molar-refractivity contribution < 1.29 is 4.79 Å². The largest absolute Gasteiger partial charge is 0.337 e. The van der Waals surface area contributed by atoms with Gasteiger partial charge in [-0.15, -0.1) is 5.10 Å². The lowest BCUT2D eigenvalue weighted by Crippen LogP contribution is -2.39. The summed E-state index contributed by atoms with van der Waals surface area (Å²) in [5.41, 5.74) is 5.13. The predicted octanol–water partition coefficient (Wildman–Crippen LogP) is 3.94. The lowest BCUT2D eigenvalue weighted by Gasteiger charge is -2.33. The summed E-state index contributed by atoms with van der Waals surface area (Å²) >= 11 is 1.17. The van der Waals surface area contributed by atoms with Gasteiger partial charge in [0, 0.05) is 30.8 Å². The van der Waals surface area contributed by atoms with Gasteiger partial charge in [0.1, 0.15) is 10.7 Å². The number of nitrogens with zero attached hydrogens (tertiary/aromatic N) is 5. The summed E-state index contributed by atoms with van der Waals surface area (Å²) in [6, 6.07) is 8.41. The van der Waals surface area contributed by atoms with Crippen LogP contribution in [0.3, 0.4) is 0 Å². The molecule has 3 heterocycles. The smallest absolute Gasteiger partial charge is 0.267 e. The van der Waals surface area contributed by atoms with Crippen molar-refractivity contribution in [2.75, 3.05) is 13.1 Å². The van der Waals surface area contributed by atoms with E-state index in [2.05, 4.69) is 45.8 Å². The van der Waals surface area contributed by atoms with E-state index in [1.165, 1.54) is 17.1 Å². The van der Waals surface area contributed by atoms with Crippen molar-refractivity contribution >= 4 is 17.4 Å². The molecule has 6 nitrogen and oxygen atoms in total. The zero-order valence-electron chi connectivity index (χ0n) is 16.3. The number of amides is 1. The first kappa shape index (κ1) is 18.7. The summed E-state index contributed by atoms with van der Waals surface area (Å²) in [6.07, 6.45) is 3.89. The minimum absolute atomic E-state index is 0.0279. The number of hydrogen-bond donors (Lipinski definition) is 0. The summed E-state index contributed by atoms with van der Waals surface area (Å²) in [5.74, 6) is 0.980. The number of carbonyl (C=O) groups is 1. The maximum Gasteiger partial charge on any atom is 0.267 e. The maximum atomic E-state index is 12.9. The van der Waals surface area contributed by atoms with Gasteiger partial charge in [-0.25, -0.2) is 9.97 Å². The van der Waals surface area contributed by atoms with E-state index in [1.807, 2.05) is 24.9 Å². The van der Waals surface area contributed by atoms with Crippen LogP contribution < -0.4 is 0 Å². The van der Waals surface area contributed by atoms with Crippen LogP contribution in [0.25, 0.3) is 11.1 Å². The van der Waals surface area contributed by atoms with Crippen molar-refractivity contribution in [3.05, 3.63) is 58.1 Å². The highest BCUT2D eigenvalue weighted by atomic mass is 32.1. The fourth-order valence-corrected chi connectivity index (χ4v) is 4.41. The first-order chi connectivity index (χ1) is 13.5. The summed E-state index contributed by atoms with van der Waals surface area (Å²) in [6.45, 7) is 7.26. The van der Waals surface area contributed by atoms with Crippen LogP contribution in [0.5, 0.6) is 0 Å². The molecule has 1 aromatic carbocycles. The Bertz CT molecular complexity index is 1020. The second kappa shape index (κ2) is 7.75. The van der Waals surface area contributed by atoms with Crippen LogP contribution in [0.2, 0.25) is 0 Å². The molecule has 0 saturated carbocycles. The number of rotatable bonds is 3. The monoisotopic (exact) mass is 393 g/mol. The highest BCUT2D eigenvalue weighted by Gasteiger charge is 2.30. The van der Waals surface area contributed by atoms with Crippen LogP contribution in [0.4, 0.5) is 0 Å². The van der Waals surface area contributed by atoms with Crippen molar-refractivity contribution in [2.24, 2.45) is 0 Å². The Labute approximate surface area is 168 Å². The highest BCUT2D eigenvalue weighted by molar-refractivity contribution is 7.07. The third kappa shape index (κ3) is 3.67. The Hall–Kier alpha value is -2.67. The molecule has 0 unspecified atom stereocenters. The Balaban J connectivity index is 1.66. The number of aromatic nitrogens is 4. The molecule has 3 aromatic rings. The van der Waals surface area contributed by atoms with E-state index in [-0.39, 0.29) is 11.8 Å². The van der Waals surface area contributed by atoms with Crippen LogP contribution in [-0.4, -0.2) is 43.5 Å². The van der Waals surface area contributed by atoms with E-state index in [0.717, 1.165) is 42.0 Å². The van der Waals surface area contributed by atoms with Crippen molar-refractivity contribution in [3.63, 3.8) is 0 Å². The summed E-state index contributed by atoms with van der Waals surface area (Å²) in [5, 5.41) is 3.98. The number of carbonyl (C=O) groups excluding carboxylic acids is 1. The molecule has 28 heavy (non-hydrogen) atoms. The molecule has 1 amide bonds. The van der Waals surface area contributed by atoms with Gasteiger partial charge in [-0.3, -0.25) is 4.79 Å². The molecule has 1 atom stereocenters. The molecule has 7 heteroatoms. The molecule has 2 aromatic heterocycles. The molecule has 0 N–H and O–H groups in total. The lowest BCUT2D eigenvalue weighted by molar-refractivity contribution is 0.0710. The Morgan fingerprint density at radius 2 is 2.11 bits per heavy atom. The minimum Gasteiger partial charge on any atom is -0.337 e. The van der Waals surface area contributed by atoms with Crippen molar-refractivity contribution in [1.82, 2.24) is 24.5 Å². The Morgan fingerprint density at radius 1 is 1.25 bits per heavy atom. The molecule has 1 aliphatic heterocycles. The first-order valence-electron chi connectivity index (χ1n) is 9.51. The molecule has 0 bridgehead atoms. The third-order valence-corrected chi connectivity index (χ3v) is 6.02. The van der Waals surface area contributed by atoms with Gasteiger partial charge in [0.25, 0.3) is 5.91 Å². The summed E-state index contributed by atoms with van der Waals surface area (Å²) in [7, 11) is 0. The maximum absolute atomic E-state index is 12.9. The molecule has 0 radical (unpaired) electrons.